The molecule has 0 spiro atoms. The number of carbonyl (C=O) groups is 1. The van der Waals surface area contributed by atoms with Gasteiger partial charge in [-0.2, -0.15) is 0 Å². The Bertz CT molecular complexity index is 393. The van der Waals surface area contributed by atoms with Crippen molar-refractivity contribution in [2.75, 3.05) is 0 Å². The van der Waals surface area contributed by atoms with Crippen LogP contribution >= 0.6 is 0 Å². The molecule has 94 valence electrons. The van der Waals surface area contributed by atoms with Crippen LogP contribution in [0.2, 0.25) is 0 Å². The van der Waals surface area contributed by atoms with Gasteiger partial charge in [-0.05, 0) is 24.1 Å². The molecule has 0 heterocycles. The second kappa shape index (κ2) is 6.45. The van der Waals surface area contributed by atoms with Gasteiger partial charge in [-0.3, -0.25) is 4.79 Å². The summed E-state index contributed by atoms with van der Waals surface area (Å²) in [5.74, 6) is -1.97. The van der Waals surface area contributed by atoms with Gasteiger partial charge >= 0.3 is 0 Å². The molecule has 4 heteroatoms. The summed E-state index contributed by atoms with van der Waals surface area (Å²) < 4.78 is 25.6. The number of ketones is 1. The van der Waals surface area contributed by atoms with E-state index in [1.807, 2.05) is 6.92 Å². The summed E-state index contributed by atoms with van der Waals surface area (Å²) >= 11 is 0. The van der Waals surface area contributed by atoms with Crippen LogP contribution in [0.1, 0.15) is 31.7 Å². The summed E-state index contributed by atoms with van der Waals surface area (Å²) in [6.45, 7) is 2.02. The SMILES string of the molecule is CCCCC(N)C(=O)Cc1ccc(F)c(F)c1. The Kier molecular flexibility index (Phi) is 5.22. The van der Waals surface area contributed by atoms with Gasteiger partial charge in [-0.15, -0.1) is 0 Å². The van der Waals surface area contributed by atoms with Crippen LogP contribution in [0, 0.1) is 11.6 Å². The molecular weight excluding hydrogens is 224 g/mol. The normalized spacial score (nSPS) is 12.5. The Morgan fingerprint density at radius 2 is 2.06 bits per heavy atom. The van der Waals surface area contributed by atoms with Crippen molar-refractivity contribution in [3.05, 3.63) is 35.4 Å². The fourth-order valence-electron chi connectivity index (χ4n) is 1.57. The molecule has 1 unspecified atom stereocenters. The first-order valence-corrected chi connectivity index (χ1v) is 5.76. The minimum Gasteiger partial charge on any atom is -0.321 e. The highest BCUT2D eigenvalue weighted by Crippen LogP contribution is 2.11. The summed E-state index contributed by atoms with van der Waals surface area (Å²) in [6.07, 6.45) is 2.57. The molecule has 0 radical (unpaired) electrons. The minimum absolute atomic E-state index is 0.0576. The van der Waals surface area contributed by atoms with Crippen molar-refractivity contribution in [1.29, 1.82) is 0 Å². The summed E-state index contributed by atoms with van der Waals surface area (Å²) in [5, 5.41) is 0. The number of rotatable bonds is 6. The third-order valence-electron chi connectivity index (χ3n) is 2.64. The van der Waals surface area contributed by atoms with E-state index >= 15 is 0 Å². The van der Waals surface area contributed by atoms with Crippen molar-refractivity contribution in [3.63, 3.8) is 0 Å². The zero-order valence-electron chi connectivity index (χ0n) is 9.88. The monoisotopic (exact) mass is 241 g/mol. The maximum Gasteiger partial charge on any atom is 0.159 e. The lowest BCUT2D eigenvalue weighted by molar-refractivity contribution is -0.119. The number of carbonyl (C=O) groups excluding carboxylic acids is 1. The van der Waals surface area contributed by atoms with E-state index in [-0.39, 0.29) is 12.2 Å². The lowest BCUT2D eigenvalue weighted by atomic mass is 10.0. The topological polar surface area (TPSA) is 43.1 Å². The van der Waals surface area contributed by atoms with E-state index < -0.39 is 17.7 Å². The van der Waals surface area contributed by atoms with Crippen LogP contribution in [-0.2, 0) is 11.2 Å². The molecule has 17 heavy (non-hydrogen) atoms. The van der Waals surface area contributed by atoms with Crippen molar-refractivity contribution in [2.24, 2.45) is 5.73 Å². The molecule has 0 aliphatic heterocycles. The van der Waals surface area contributed by atoms with Gasteiger partial charge in [0.05, 0.1) is 6.04 Å². The second-order valence-corrected chi connectivity index (χ2v) is 4.14. The van der Waals surface area contributed by atoms with Gasteiger partial charge in [0.1, 0.15) is 0 Å². The van der Waals surface area contributed by atoms with E-state index in [9.17, 15) is 13.6 Å². The predicted octanol–water partition coefficient (Wildman–Crippen LogP) is 2.59. The van der Waals surface area contributed by atoms with Gasteiger partial charge in [-0.1, -0.05) is 25.8 Å². The third-order valence-corrected chi connectivity index (χ3v) is 2.64. The van der Waals surface area contributed by atoms with Crippen LogP contribution < -0.4 is 5.73 Å². The predicted molar refractivity (Wildman–Crippen MR) is 62.6 cm³/mol. The van der Waals surface area contributed by atoms with Crippen molar-refractivity contribution in [3.8, 4) is 0 Å². The third kappa shape index (κ3) is 4.23. The van der Waals surface area contributed by atoms with Gasteiger partial charge in [-0.25, -0.2) is 8.78 Å². The van der Waals surface area contributed by atoms with E-state index in [2.05, 4.69) is 0 Å². The number of Topliss-reactive ketones (excluding diaryl/α,β-unsaturated/α-hetero) is 1. The molecule has 1 rings (SSSR count). The maximum absolute atomic E-state index is 12.9. The Labute approximate surface area is 99.8 Å². The van der Waals surface area contributed by atoms with Crippen LogP contribution in [0.15, 0.2) is 18.2 Å². The zero-order chi connectivity index (χ0) is 12.8. The van der Waals surface area contributed by atoms with E-state index in [1.165, 1.54) is 6.07 Å². The van der Waals surface area contributed by atoms with Crippen LogP contribution in [0.5, 0.6) is 0 Å². The Morgan fingerprint density at radius 1 is 1.35 bits per heavy atom. The summed E-state index contributed by atoms with van der Waals surface area (Å²) in [6, 6.07) is 2.96. The number of hydrogen-bond acceptors (Lipinski definition) is 2. The Balaban J connectivity index is 2.58. The van der Waals surface area contributed by atoms with Crippen LogP contribution in [-0.4, -0.2) is 11.8 Å². The second-order valence-electron chi connectivity index (χ2n) is 4.14. The van der Waals surface area contributed by atoms with Gasteiger partial charge in [0.15, 0.2) is 17.4 Å². The molecule has 0 aromatic heterocycles. The Hall–Kier alpha value is -1.29. The number of nitrogens with two attached hydrogens (primary N) is 1. The van der Waals surface area contributed by atoms with Gasteiger partial charge < -0.3 is 5.73 Å². The fraction of sp³-hybridized carbons (Fsp3) is 0.462. The first kappa shape index (κ1) is 13.8. The molecule has 0 saturated heterocycles. The summed E-state index contributed by atoms with van der Waals surface area (Å²) in [7, 11) is 0. The highest BCUT2D eigenvalue weighted by atomic mass is 19.2. The fourth-order valence-corrected chi connectivity index (χ4v) is 1.57. The average molecular weight is 241 g/mol. The van der Waals surface area contributed by atoms with Crippen molar-refractivity contribution < 1.29 is 13.6 Å². The first-order chi connectivity index (χ1) is 8.04. The summed E-state index contributed by atoms with van der Waals surface area (Å²) in [4.78, 5) is 11.7. The lowest BCUT2D eigenvalue weighted by Crippen LogP contribution is -2.31. The highest BCUT2D eigenvalue weighted by molar-refractivity contribution is 5.85. The average Bonchev–Trinajstić information content (AvgIpc) is 2.30. The molecule has 0 fully saturated rings. The molecule has 2 N–H and O–H groups in total. The number of halogens is 2. The lowest BCUT2D eigenvalue weighted by Gasteiger charge is -2.09. The molecule has 1 aromatic carbocycles. The first-order valence-electron chi connectivity index (χ1n) is 5.76. The maximum atomic E-state index is 12.9. The van der Waals surface area contributed by atoms with E-state index in [4.69, 9.17) is 5.73 Å². The quantitative estimate of drug-likeness (QED) is 0.831. The van der Waals surface area contributed by atoms with Gasteiger partial charge in [0, 0.05) is 6.42 Å². The Morgan fingerprint density at radius 3 is 2.65 bits per heavy atom. The van der Waals surface area contributed by atoms with Crippen LogP contribution in [0.3, 0.4) is 0 Å². The van der Waals surface area contributed by atoms with Gasteiger partial charge in [0.2, 0.25) is 0 Å². The van der Waals surface area contributed by atoms with Gasteiger partial charge in [0.25, 0.3) is 0 Å². The smallest absolute Gasteiger partial charge is 0.159 e. The zero-order valence-corrected chi connectivity index (χ0v) is 9.88. The molecular formula is C13H17F2NO. The highest BCUT2D eigenvalue weighted by Gasteiger charge is 2.14. The molecule has 1 aromatic rings. The van der Waals surface area contributed by atoms with E-state index in [0.29, 0.717) is 12.0 Å². The molecule has 1 atom stereocenters. The molecule has 0 amide bonds. The number of benzene rings is 1. The minimum atomic E-state index is -0.933. The number of hydrogen-bond donors (Lipinski definition) is 1. The molecule has 2 nitrogen and oxygen atoms in total. The van der Waals surface area contributed by atoms with Crippen molar-refractivity contribution in [1.82, 2.24) is 0 Å². The van der Waals surface area contributed by atoms with Crippen molar-refractivity contribution in [2.45, 2.75) is 38.6 Å². The van der Waals surface area contributed by atoms with Crippen molar-refractivity contribution >= 4 is 5.78 Å². The summed E-state index contributed by atoms with van der Waals surface area (Å²) in [5.41, 5.74) is 6.16. The van der Waals surface area contributed by atoms with Crippen LogP contribution in [0.25, 0.3) is 0 Å². The van der Waals surface area contributed by atoms with E-state index in [1.54, 1.807) is 0 Å². The molecule has 0 saturated carbocycles. The molecule has 0 aliphatic rings. The standard InChI is InChI=1S/C13H17F2NO/c1-2-3-4-12(16)13(17)8-9-5-6-10(14)11(15)7-9/h5-7,12H,2-4,8,16H2,1H3. The largest absolute Gasteiger partial charge is 0.321 e. The number of unbranched alkanes of at least 4 members (excludes halogenated alkanes) is 1. The molecule has 0 aliphatic carbocycles. The van der Waals surface area contributed by atoms with E-state index in [0.717, 1.165) is 25.0 Å². The van der Waals surface area contributed by atoms with Crippen LogP contribution in [0.4, 0.5) is 8.78 Å². The molecule has 0 bridgehead atoms.